The number of hydrogen-bond donors (Lipinski definition) is 2. The first-order valence-electron chi connectivity index (χ1n) is 5.54. The van der Waals surface area contributed by atoms with Gasteiger partial charge in [-0.1, -0.05) is 12.8 Å². The van der Waals surface area contributed by atoms with Gasteiger partial charge in [0.1, 0.15) is 0 Å². The van der Waals surface area contributed by atoms with Crippen LogP contribution < -0.4 is 0 Å². The zero-order valence-electron chi connectivity index (χ0n) is 8.66. The van der Waals surface area contributed by atoms with Crippen molar-refractivity contribution in [1.29, 1.82) is 0 Å². The van der Waals surface area contributed by atoms with Gasteiger partial charge in [0, 0.05) is 23.8 Å². The molecule has 3 heteroatoms. The van der Waals surface area contributed by atoms with Crippen LogP contribution in [0.5, 0.6) is 0 Å². The van der Waals surface area contributed by atoms with Crippen molar-refractivity contribution < 1.29 is 0 Å². The van der Waals surface area contributed by atoms with Gasteiger partial charge in [0.15, 0.2) is 0 Å². The summed E-state index contributed by atoms with van der Waals surface area (Å²) in [6.07, 6.45) is 10.8. The normalized spacial score (nSPS) is 19.5. The third-order valence-electron chi connectivity index (χ3n) is 3.58. The standard InChI is InChI=1S/C12H15N3/c1-2-6-12(5-1,10-4-3-7-14-10)11-8-13-9-15-11/h3-4,7-9,14H,1-2,5-6H2,(H,13,15). The van der Waals surface area contributed by atoms with E-state index in [1.54, 1.807) is 6.33 Å². The molecular formula is C12H15N3. The van der Waals surface area contributed by atoms with E-state index in [1.807, 2.05) is 12.4 Å². The van der Waals surface area contributed by atoms with Crippen molar-refractivity contribution in [2.45, 2.75) is 31.1 Å². The van der Waals surface area contributed by atoms with Crippen LogP contribution in [0.3, 0.4) is 0 Å². The van der Waals surface area contributed by atoms with Crippen molar-refractivity contribution in [2.75, 3.05) is 0 Å². The highest BCUT2D eigenvalue weighted by Crippen LogP contribution is 2.44. The highest BCUT2D eigenvalue weighted by atomic mass is 14.9. The van der Waals surface area contributed by atoms with E-state index < -0.39 is 0 Å². The second-order valence-corrected chi connectivity index (χ2v) is 4.34. The molecule has 0 aliphatic heterocycles. The molecule has 2 N–H and O–H groups in total. The lowest BCUT2D eigenvalue weighted by molar-refractivity contribution is 0.507. The Morgan fingerprint density at radius 3 is 2.60 bits per heavy atom. The van der Waals surface area contributed by atoms with E-state index in [4.69, 9.17) is 0 Å². The van der Waals surface area contributed by atoms with E-state index in [-0.39, 0.29) is 5.41 Å². The lowest BCUT2D eigenvalue weighted by atomic mass is 9.80. The van der Waals surface area contributed by atoms with E-state index in [9.17, 15) is 0 Å². The molecule has 0 bridgehead atoms. The van der Waals surface area contributed by atoms with Gasteiger partial charge in [0.25, 0.3) is 0 Å². The summed E-state index contributed by atoms with van der Waals surface area (Å²) in [5.41, 5.74) is 2.74. The summed E-state index contributed by atoms with van der Waals surface area (Å²) in [5, 5.41) is 0. The Bertz CT molecular complexity index is 371. The molecule has 1 saturated carbocycles. The minimum atomic E-state index is 0.167. The molecule has 0 amide bonds. The minimum Gasteiger partial charge on any atom is -0.364 e. The zero-order chi connectivity index (χ0) is 10.1. The fourth-order valence-corrected chi connectivity index (χ4v) is 2.81. The van der Waals surface area contributed by atoms with Crippen LogP contribution in [0.15, 0.2) is 30.9 Å². The van der Waals surface area contributed by atoms with Crippen molar-refractivity contribution in [3.63, 3.8) is 0 Å². The van der Waals surface area contributed by atoms with Gasteiger partial charge in [-0.2, -0.15) is 0 Å². The molecule has 1 aliphatic rings. The Morgan fingerprint density at radius 1 is 1.13 bits per heavy atom. The zero-order valence-corrected chi connectivity index (χ0v) is 8.66. The number of imidazole rings is 1. The first-order chi connectivity index (χ1) is 7.42. The van der Waals surface area contributed by atoms with Gasteiger partial charge >= 0.3 is 0 Å². The molecule has 0 atom stereocenters. The summed E-state index contributed by atoms with van der Waals surface area (Å²) in [4.78, 5) is 10.8. The van der Waals surface area contributed by atoms with Crippen LogP contribution in [0.4, 0.5) is 0 Å². The van der Waals surface area contributed by atoms with E-state index in [2.05, 4.69) is 27.1 Å². The number of aromatic nitrogens is 3. The molecule has 15 heavy (non-hydrogen) atoms. The van der Waals surface area contributed by atoms with Crippen LogP contribution in [-0.2, 0) is 5.41 Å². The fraction of sp³-hybridized carbons (Fsp3) is 0.417. The highest BCUT2D eigenvalue weighted by molar-refractivity contribution is 5.31. The van der Waals surface area contributed by atoms with Crippen molar-refractivity contribution in [1.82, 2.24) is 15.0 Å². The van der Waals surface area contributed by atoms with Crippen LogP contribution in [-0.4, -0.2) is 15.0 Å². The number of hydrogen-bond acceptors (Lipinski definition) is 1. The molecule has 0 saturated heterocycles. The Hall–Kier alpha value is -1.51. The predicted molar refractivity (Wildman–Crippen MR) is 58.6 cm³/mol. The van der Waals surface area contributed by atoms with Crippen molar-refractivity contribution >= 4 is 0 Å². The Kier molecular flexibility index (Phi) is 1.91. The quantitative estimate of drug-likeness (QED) is 0.770. The van der Waals surface area contributed by atoms with Gasteiger partial charge in [-0.3, -0.25) is 0 Å². The van der Waals surface area contributed by atoms with E-state index >= 15 is 0 Å². The van der Waals surface area contributed by atoms with Crippen molar-refractivity contribution in [3.8, 4) is 0 Å². The van der Waals surface area contributed by atoms with Gasteiger partial charge in [-0.25, -0.2) is 4.98 Å². The number of nitrogens with one attached hydrogen (secondary N) is 2. The van der Waals surface area contributed by atoms with E-state index in [0.29, 0.717) is 0 Å². The van der Waals surface area contributed by atoms with Gasteiger partial charge in [0.05, 0.1) is 11.7 Å². The van der Waals surface area contributed by atoms with Crippen molar-refractivity contribution in [3.05, 3.63) is 42.2 Å². The maximum Gasteiger partial charge on any atom is 0.0922 e. The van der Waals surface area contributed by atoms with Gasteiger partial charge in [0.2, 0.25) is 0 Å². The summed E-state index contributed by atoms with van der Waals surface area (Å²) in [6.45, 7) is 0. The van der Waals surface area contributed by atoms with Crippen molar-refractivity contribution in [2.24, 2.45) is 0 Å². The third kappa shape index (κ3) is 1.23. The van der Waals surface area contributed by atoms with Gasteiger partial charge < -0.3 is 9.97 Å². The molecule has 2 heterocycles. The fourth-order valence-electron chi connectivity index (χ4n) is 2.81. The molecule has 1 fully saturated rings. The summed E-state index contributed by atoms with van der Waals surface area (Å²) in [7, 11) is 0. The molecule has 2 aromatic rings. The SMILES string of the molecule is c1c[nH]c(C2(c3cnc[nH]3)CCCC2)c1. The molecule has 0 radical (unpaired) electrons. The Balaban J connectivity index is 2.10. The maximum atomic E-state index is 4.15. The lowest BCUT2D eigenvalue weighted by Gasteiger charge is -2.26. The number of aromatic amines is 2. The Morgan fingerprint density at radius 2 is 2.00 bits per heavy atom. The van der Waals surface area contributed by atoms with Crippen LogP contribution in [0.2, 0.25) is 0 Å². The third-order valence-corrected chi connectivity index (χ3v) is 3.58. The molecule has 0 aromatic carbocycles. The van der Waals surface area contributed by atoms with Crippen LogP contribution in [0.1, 0.15) is 37.1 Å². The van der Waals surface area contributed by atoms with Crippen LogP contribution in [0, 0.1) is 0 Å². The van der Waals surface area contributed by atoms with Crippen LogP contribution >= 0.6 is 0 Å². The number of H-pyrrole nitrogens is 2. The molecule has 0 spiro atoms. The predicted octanol–water partition coefficient (Wildman–Crippen LogP) is 2.60. The Labute approximate surface area is 88.9 Å². The second kappa shape index (κ2) is 3.26. The number of rotatable bonds is 2. The summed E-state index contributed by atoms with van der Waals surface area (Å²) in [6, 6.07) is 4.26. The molecule has 0 unspecified atom stereocenters. The van der Waals surface area contributed by atoms with Crippen LogP contribution in [0.25, 0.3) is 0 Å². The lowest BCUT2D eigenvalue weighted by Crippen LogP contribution is -2.24. The largest absolute Gasteiger partial charge is 0.364 e. The summed E-state index contributed by atoms with van der Waals surface area (Å²) >= 11 is 0. The average molecular weight is 201 g/mol. The minimum absolute atomic E-state index is 0.167. The van der Waals surface area contributed by atoms with Gasteiger partial charge in [-0.05, 0) is 25.0 Å². The molecule has 3 rings (SSSR count). The molecule has 1 aliphatic carbocycles. The van der Waals surface area contributed by atoms with E-state index in [0.717, 1.165) is 0 Å². The smallest absolute Gasteiger partial charge is 0.0922 e. The summed E-state index contributed by atoms with van der Waals surface area (Å²) < 4.78 is 0. The molecule has 78 valence electrons. The van der Waals surface area contributed by atoms with E-state index in [1.165, 1.54) is 37.1 Å². The first-order valence-corrected chi connectivity index (χ1v) is 5.54. The van der Waals surface area contributed by atoms with Gasteiger partial charge in [-0.15, -0.1) is 0 Å². The molecule has 3 nitrogen and oxygen atoms in total. The number of nitrogens with zero attached hydrogens (tertiary/aromatic N) is 1. The second-order valence-electron chi connectivity index (χ2n) is 4.34. The average Bonchev–Trinajstić information content (AvgIpc) is 3.02. The topological polar surface area (TPSA) is 44.5 Å². The monoisotopic (exact) mass is 201 g/mol. The molecular weight excluding hydrogens is 186 g/mol. The summed E-state index contributed by atoms with van der Waals surface area (Å²) in [5.74, 6) is 0. The highest BCUT2D eigenvalue weighted by Gasteiger charge is 2.39. The molecule has 2 aromatic heterocycles. The first kappa shape index (κ1) is 8.77. The maximum absolute atomic E-state index is 4.15.